The molecule has 0 radical (unpaired) electrons. The number of rotatable bonds is 1. The zero-order valence-electron chi connectivity index (χ0n) is 12.4. The van der Waals surface area contributed by atoms with Gasteiger partial charge in [0.1, 0.15) is 0 Å². The fraction of sp³-hybridized carbons (Fsp3) is 0.933. The molecule has 1 spiro atoms. The molecular weight excluding hydrogens is 260 g/mol. The first-order valence-electron chi connectivity index (χ1n) is 7.47. The summed E-state index contributed by atoms with van der Waals surface area (Å²) in [4.78, 5) is 14.9. The number of nitrogens with one attached hydrogen (secondary N) is 1. The fourth-order valence-corrected chi connectivity index (χ4v) is 4.34. The lowest BCUT2D eigenvalue weighted by atomic mass is 9.91. The van der Waals surface area contributed by atoms with Crippen molar-refractivity contribution in [3.05, 3.63) is 0 Å². The maximum atomic E-state index is 12.7. The molecule has 0 bridgehead atoms. The van der Waals surface area contributed by atoms with Crippen LogP contribution in [0.3, 0.4) is 0 Å². The average Bonchev–Trinajstić information content (AvgIpc) is 2.90. The van der Waals surface area contributed by atoms with E-state index in [9.17, 15) is 4.79 Å². The van der Waals surface area contributed by atoms with Gasteiger partial charge in [-0.1, -0.05) is 6.92 Å². The van der Waals surface area contributed by atoms with Crippen molar-refractivity contribution in [2.24, 2.45) is 17.3 Å². The van der Waals surface area contributed by atoms with Crippen molar-refractivity contribution in [2.45, 2.75) is 52.0 Å². The van der Waals surface area contributed by atoms with Gasteiger partial charge in [0, 0.05) is 18.0 Å². The lowest BCUT2D eigenvalue weighted by Gasteiger charge is -2.33. The standard InChI is InChI=1S/C15H26N2O.ClH/c1-11-8-14(2,3)17(10-11)13(18)12-9-15(12)4-6-16-7-5-15;/h11-12,16H,4-10H2,1-3H3;1H. The van der Waals surface area contributed by atoms with E-state index in [-0.39, 0.29) is 17.9 Å². The van der Waals surface area contributed by atoms with Gasteiger partial charge >= 0.3 is 0 Å². The summed E-state index contributed by atoms with van der Waals surface area (Å²) in [5.41, 5.74) is 0.456. The van der Waals surface area contributed by atoms with Crippen molar-refractivity contribution < 1.29 is 4.79 Å². The van der Waals surface area contributed by atoms with E-state index in [1.807, 2.05) is 0 Å². The Hall–Kier alpha value is -0.280. The third-order valence-electron chi connectivity index (χ3n) is 5.43. The first-order chi connectivity index (χ1) is 8.45. The maximum Gasteiger partial charge on any atom is 0.226 e. The molecule has 3 fully saturated rings. The predicted octanol–water partition coefficient (Wildman–Crippen LogP) is 2.44. The summed E-state index contributed by atoms with van der Waals surface area (Å²) < 4.78 is 0. The molecule has 2 heterocycles. The van der Waals surface area contributed by atoms with Crippen LogP contribution in [0.5, 0.6) is 0 Å². The molecule has 2 atom stereocenters. The molecule has 0 aromatic heterocycles. The second kappa shape index (κ2) is 4.92. The monoisotopic (exact) mass is 286 g/mol. The van der Waals surface area contributed by atoms with E-state index >= 15 is 0 Å². The number of halogens is 1. The van der Waals surface area contributed by atoms with Gasteiger partial charge in [-0.3, -0.25) is 4.79 Å². The van der Waals surface area contributed by atoms with Crippen LogP contribution in [0.2, 0.25) is 0 Å². The topological polar surface area (TPSA) is 32.3 Å². The van der Waals surface area contributed by atoms with Gasteiger partial charge in [0.2, 0.25) is 5.91 Å². The van der Waals surface area contributed by atoms with Gasteiger partial charge in [0.25, 0.3) is 0 Å². The Bertz CT molecular complexity index is 363. The molecule has 2 saturated heterocycles. The Morgan fingerprint density at radius 2 is 1.84 bits per heavy atom. The van der Waals surface area contributed by atoms with Gasteiger partial charge in [-0.25, -0.2) is 0 Å². The lowest BCUT2D eigenvalue weighted by Crippen LogP contribution is -2.44. The molecule has 1 saturated carbocycles. The number of hydrogen-bond donors (Lipinski definition) is 1. The van der Waals surface area contributed by atoms with E-state index in [4.69, 9.17) is 0 Å². The minimum absolute atomic E-state index is 0. The highest BCUT2D eigenvalue weighted by Gasteiger charge is 2.60. The van der Waals surface area contributed by atoms with Crippen LogP contribution in [-0.4, -0.2) is 36.0 Å². The van der Waals surface area contributed by atoms with Gasteiger partial charge in [0.05, 0.1) is 0 Å². The van der Waals surface area contributed by atoms with Crippen LogP contribution in [-0.2, 0) is 4.79 Å². The molecule has 1 aliphatic carbocycles. The molecular formula is C15H27ClN2O. The van der Waals surface area contributed by atoms with E-state index < -0.39 is 0 Å². The SMILES string of the molecule is CC1CN(C(=O)C2CC23CCNCC3)C(C)(C)C1.Cl. The normalized spacial score (nSPS) is 35.0. The van der Waals surface area contributed by atoms with Gasteiger partial charge < -0.3 is 10.2 Å². The van der Waals surface area contributed by atoms with Crippen LogP contribution in [0.15, 0.2) is 0 Å². The Morgan fingerprint density at radius 3 is 2.37 bits per heavy atom. The van der Waals surface area contributed by atoms with Crippen LogP contribution in [0, 0.1) is 17.3 Å². The molecule has 3 nitrogen and oxygen atoms in total. The summed E-state index contributed by atoms with van der Waals surface area (Å²) >= 11 is 0. The zero-order chi connectivity index (χ0) is 13.0. The molecule has 3 aliphatic rings. The Morgan fingerprint density at radius 1 is 1.21 bits per heavy atom. The fourth-order valence-electron chi connectivity index (χ4n) is 4.34. The molecule has 1 amide bonds. The minimum atomic E-state index is 0. The van der Waals surface area contributed by atoms with Crippen LogP contribution in [0.4, 0.5) is 0 Å². The summed E-state index contributed by atoms with van der Waals surface area (Å²) in [6, 6.07) is 0. The van der Waals surface area contributed by atoms with Crippen LogP contribution in [0.25, 0.3) is 0 Å². The van der Waals surface area contributed by atoms with E-state index in [0.29, 0.717) is 23.2 Å². The number of likely N-dealkylation sites (tertiary alicyclic amines) is 1. The smallest absolute Gasteiger partial charge is 0.226 e. The van der Waals surface area contributed by atoms with Crippen molar-refractivity contribution in [1.29, 1.82) is 0 Å². The number of piperidine rings is 1. The van der Waals surface area contributed by atoms with Gasteiger partial charge in [-0.05, 0) is 64.0 Å². The predicted molar refractivity (Wildman–Crippen MR) is 79.5 cm³/mol. The van der Waals surface area contributed by atoms with Crippen molar-refractivity contribution in [3.8, 4) is 0 Å². The molecule has 19 heavy (non-hydrogen) atoms. The molecule has 2 aliphatic heterocycles. The van der Waals surface area contributed by atoms with E-state index in [0.717, 1.165) is 32.5 Å². The van der Waals surface area contributed by atoms with Crippen molar-refractivity contribution >= 4 is 18.3 Å². The molecule has 0 aromatic carbocycles. The van der Waals surface area contributed by atoms with Crippen molar-refractivity contribution in [3.63, 3.8) is 0 Å². The highest BCUT2D eigenvalue weighted by molar-refractivity contribution is 5.85. The van der Waals surface area contributed by atoms with Crippen molar-refractivity contribution in [1.82, 2.24) is 10.2 Å². The summed E-state index contributed by atoms with van der Waals surface area (Å²) in [5, 5.41) is 3.41. The zero-order valence-corrected chi connectivity index (χ0v) is 13.2. The molecule has 4 heteroatoms. The third kappa shape index (κ3) is 2.52. The summed E-state index contributed by atoms with van der Waals surface area (Å²) in [7, 11) is 0. The Kier molecular flexibility index (Phi) is 3.92. The van der Waals surface area contributed by atoms with E-state index in [1.165, 1.54) is 12.8 Å². The number of carbonyl (C=O) groups excluding carboxylic acids is 1. The summed E-state index contributed by atoms with van der Waals surface area (Å²) in [6.45, 7) is 9.89. The quantitative estimate of drug-likeness (QED) is 0.803. The first-order valence-corrected chi connectivity index (χ1v) is 7.47. The average molecular weight is 287 g/mol. The maximum absolute atomic E-state index is 12.7. The van der Waals surface area contributed by atoms with Gasteiger partial charge in [-0.15, -0.1) is 12.4 Å². The lowest BCUT2D eigenvalue weighted by molar-refractivity contribution is -0.136. The highest BCUT2D eigenvalue weighted by Crippen LogP contribution is 2.59. The molecule has 1 N–H and O–H groups in total. The molecule has 110 valence electrons. The number of hydrogen-bond acceptors (Lipinski definition) is 2. The molecule has 3 rings (SSSR count). The molecule has 2 unspecified atom stereocenters. The van der Waals surface area contributed by atoms with Gasteiger partial charge in [0.15, 0.2) is 0 Å². The van der Waals surface area contributed by atoms with Gasteiger partial charge in [-0.2, -0.15) is 0 Å². The van der Waals surface area contributed by atoms with Crippen LogP contribution in [0.1, 0.15) is 46.5 Å². The Balaban J connectivity index is 0.00000133. The largest absolute Gasteiger partial charge is 0.337 e. The minimum Gasteiger partial charge on any atom is -0.337 e. The summed E-state index contributed by atoms with van der Waals surface area (Å²) in [6.07, 6.45) is 4.70. The van der Waals surface area contributed by atoms with E-state index in [2.05, 4.69) is 31.0 Å². The number of nitrogens with zero attached hydrogens (tertiary/aromatic N) is 1. The number of amides is 1. The number of carbonyl (C=O) groups is 1. The third-order valence-corrected chi connectivity index (χ3v) is 5.43. The summed E-state index contributed by atoms with van der Waals surface area (Å²) in [5.74, 6) is 1.45. The second-order valence-electron chi connectivity index (χ2n) is 7.44. The second-order valence-corrected chi connectivity index (χ2v) is 7.44. The van der Waals surface area contributed by atoms with Crippen molar-refractivity contribution in [2.75, 3.05) is 19.6 Å². The van der Waals surface area contributed by atoms with Crippen LogP contribution >= 0.6 is 12.4 Å². The Labute approximate surface area is 122 Å². The first kappa shape index (κ1) is 15.1. The highest BCUT2D eigenvalue weighted by atomic mass is 35.5. The van der Waals surface area contributed by atoms with E-state index in [1.54, 1.807) is 0 Å². The van der Waals surface area contributed by atoms with Crippen LogP contribution < -0.4 is 5.32 Å². The molecule has 0 aromatic rings.